The van der Waals surface area contributed by atoms with Crippen molar-refractivity contribution in [3.8, 4) is 5.75 Å². The molecule has 0 spiro atoms. The van der Waals surface area contributed by atoms with Gasteiger partial charge < -0.3 is 9.84 Å². The van der Waals surface area contributed by atoms with Gasteiger partial charge in [-0.3, -0.25) is 9.59 Å². The van der Waals surface area contributed by atoms with Crippen molar-refractivity contribution >= 4 is 29.6 Å². The van der Waals surface area contributed by atoms with Crippen molar-refractivity contribution in [2.24, 2.45) is 0 Å². The second-order valence-electron chi connectivity index (χ2n) is 5.55. The smallest absolute Gasteiger partial charge is 0.307 e. The van der Waals surface area contributed by atoms with Crippen molar-refractivity contribution in [2.75, 3.05) is 13.4 Å². The van der Waals surface area contributed by atoms with Crippen molar-refractivity contribution < 1.29 is 19.4 Å². The molecule has 2 aromatic carbocycles. The van der Waals surface area contributed by atoms with Crippen LogP contribution in [0.25, 0.3) is 6.08 Å². The SMILES string of the molecule is COc1ccc(C)cc1C(=O)C(=Cc1ccc(SC)cc1)CC(=O)O. The van der Waals surface area contributed by atoms with Crippen LogP contribution in [0.5, 0.6) is 5.75 Å². The first-order valence-corrected chi connectivity index (χ1v) is 8.93. The highest BCUT2D eigenvalue weighted by atomic mass is 32.2. The molecule has 4 nitrogen and oxygen atoms in total. The molecule has 0 fully saturated rings. The normalized spacial score (nSPS) is 11.2. The van der Waals surface area contributed by atoms with E-state index in [1.807, 2.05) is 43.5 Å². The first-order valence-electron chi connectivity index (χ1n) is 7.70. The van der Waals surface area contributed by atoms with Gasteiger partial charge >= 0.3 is 5.97 Å². The summed E-state index contributed by atoms with van der Waals surface area (Å²) >= 11 is 1.62. The molecule has 130 valence electrons. The fourth-order valence-electron chi connectivity index (χ4n) is 2.43. The third-order valence-electron chi connectivity index (χ3n) is 3.69. The molecule has 0 bridgehead atoms. The zero-order valence-electron chi connectivity index (χ0n) is 14.4. The number of Topliss-reactive ketones (excluding diaryl/α,β-unsaturated/α-hetero) is 1. The maximum absolute atomic E-state index is 12.9. The number of carbonyl (C=O) groups excluding carboxylic acids is 1. The van der Waals surface area contributed by atoms with E-state index in [-0.39, 0.29) is 17.8 Å². The number of carboxylic acid groups (broad SMARTS) is 1. The van der Waals surface area contributed by atoms with Gasteiger partial charge in [-0.2, -0.15) is 0 Å². The molecule has 0 atom stereocenters. The lowest BCUT2D eigenvalue weighted by Gasteiger charge is -2.10. The van der Waals surface area contributed by atoms with Gasteiger partial charge in [0.25, 0.3) is 0 Å². The number of hydrogen-bond donors (Lipinski definition) is 1. The van der Waals surface area contributed by atoms with E-state index in [2.05, 4.69) is 0 Å². The first-order chi connectivity index (χ1) is 11.9. The number of aliphatic carboxylic acids is 1. The maximum atomic E-state index is 12.9. The zero-order chi connectivity index (χ0) is 18.4. The maximum Gasteiger partial charge on any atom is 0.307 e. The molecule has 0 radical (unpaired) electrons. The topological polar surface area (TPSA) is 63.6 Å². The molecule has 1 N–H and O–H groups in total. The van der Waals surface area contributed by atoms with Crippen LogP contribution in [0.3, 0.4) is 0 Å². The number of methoxy groups -OCH3 is 1. The number of benzene rings is 2. The number of rotatable bonds is 7. The summed E-state index contributed by atoms with van der Waals surface area (Å²) in [5, 5.41) is 9.19. The molecule has 0 aromatic heterocycles. The minimum absolute atomic E-state index is 0.216. The molecule has 25 heavy (non-hydrogen) atoms. The molecule has 5 heteroatoms. The van der Waals surface area contributed by atoms with Crippen molar-refractivity contribution in [1.29, 1.82) is 0 Å². The molecule has 0 unspecified atom stereocenters. The summed E-state index contributed by atoms with van der Waals surface area (Å²) < 4.78 is 5.26. The fraction of sp³-hybridized carbons (Fsp3) is 0.200. The highest BCUT2D eigenvalue weighted by Crippen LogP contribution is 2.25. The average molecular weight is 356 g/mol. The number of carboxylic acids is 1. The quantitative estimate of drug-likeness (QED) is 0.451. The standard InChI is InChI=1S/C20H20O4S/c1-13-4-9-18(24-2)17(10-13)20(23)15(12-19(21)22)11-14-5-7-16(25-3)8-6-14/h4-11H,12H2,1-3H3,(H,21,22). The van der Waals surface area contributed by atoms with Crippen LogP contribution in [-0.2, 0) is 4.79 Å². The molecule has 0 heterocycles. The van der Waals surface area contributed by atoms with Crippen molar-refractivity contribution in [2.45, 2.75) is 18.2 Å². The average Bonchev–Trinajstić information content (AvgIpc) is 2.60. The molecule has 2 rings (SSSR count). The summed E-state index contributed by atoms with van der Waals surface area (Å²) in [7, 11) is 1.49. The van der Waals surface area contributed by atoms with E-state index < -0.39 is 5.97 Å². The van der Waals surface area contributed by atoms with Crippen molar-refractivity contribution in [3.05, 3.63) is 64.7 Å². The van der Waals surface area contributed by atoms with E-state index in [0.29, 0.717) is 11.3 Å². The Kier molecular flexibility index (Phi) is 6.42. The summed E-state index contributed by atoms with van der Waals surface area (Å²) in [6.07, 6.45) is 3.26. The molecular weight excluding hydrogens is 336 g/mol. The van der Waals surface area contributed by atoms with Gasteiger partial charge in [0, 0.05) is 10.5 Å². The van der Waals surface area contributed by atoms with Gasteiger partial charge in [-0.1, -0.05) is 23.8 Å². The third-order valence-corrected chi connectivity index (χ3v) is 4.43. The predicted molar refractivity (Wildman–Crippen MR) is 101 cm³/mol. The Balaban J connectivity index is 2.45. The second kappa shape index (κ2) is 8.53. The van der Waals surface area contributed by atoms with Gasteiger partial charge in [0.1, 0.15) is 5.75 Å². The summed E-state index contributed by atoms with van der Waals surface area (Å²) in [4.78, 5) is 25.3. The Morgan fingerprint density at radius 2 is 1.84 bits per heavy atom. The lowest BCUT2D eigenvalue weighted by molar-refractivity contribution is -0.136. The number of ether oxygens (including phenoxy) is 1. The summed E-state index contributed by atoms with van der Waals surface area (Å²) in [5.41, 5.74) is 2.28. The Hall–Kier alpha value is -2.53. The Morgan fingerprint density at radius 1 is 1.16 bits per heavy atom. The van der Waals surface area contributed by atoms with Gasteiger partial charge in [0.15, 0.2) is 5.78 Å². The van der Waals surface area contributed by atoms with E-state index in [0.717, 1.165) is 16.0 Å². The fourth-order valence-corrected chi connectivity index (χ4v) is 2.84. The van der Waals surface area contributed by atoms with Crippen LogP contribution in [0, 0.1) is 6.92 Å². The molecular formula is C20H20O4S. The van der Waals surface area contributed by atoms with Gasteiger partial charge in [0.2, 0.25) is 0 Å². The number of aryl methyl sites for hydroxylation is 1. The Labute approximate surface area is 151 Å². The van der Waals surface area contributed by atoms with Crippen LogP contribution in [0.2, 0.25) is 0 Å². The van der Waals surface area contributed by atoms with Crippen LogP contribution >= 0.6 is 11.8 Å². The lowest BCUT2D eigenvalue weighted by Crippen LogP contribution is -2.10. The first kappa shape index (κ1) is 18.8. The van der Waals surface area contributed by atoms with E-state index in [1.165, 1.54) is 7.11 Å². The van der Waals surface area contributed by atoms with Crippen LogP contribution in [0.15, 0.2) is 52.9 Å². The van der Waals surface area contributed by atoms with Crippen molar-refractivity contribution in [1.82, 2.24) is 0 Å². The Morgan fingerprint density at radius 3 is 2.40 bits per heavy atom. The van der Waals surface area contributed by atoms with Gasteiger partial charge in [-0.25, -0.2) is 0 Å². The molecule has 0 aliphatic rings. The largest absolute Gasteiger partial charge is 0.496 e. The lowest BCUT2D eigenvalue weighted by atomic mass is 9.96. The predicted octanol–water partition coefficient (Wildman–Crippen LogP) is 4.47. The summed E-state index contributed by atoms with van der Waals surface area (Å²) in [6, 6.07) is 12.9. The number of thioether (sulfide) groups is 1. The number of carbonyl (C=O) groups is 2. The van der Waals surface area contributed by atoms with E-state index >= 15 is 0 Å². The van der Waals surface area contributed by atoms with Gasteiger partial charge in [0.05, 0.1) is 19.1 Å². The van der Waals surface area contributed by atoms with Crippen LogP contribution in [-0.4, -0.2) is 30.2 Å². The van der Waals surface area contributed by atoms with Gasteiger partial charge in [-0.05, 0) is 49.1 Å². The summed E-state index contributed by atoms with van der Waals surface area (Å²) in [6.45, 7) is 1.87. The zero-order valence-corrected chi connectivity index (χ0v) is 15.2. The monoisotopic (exact) mass is 356 g/mol. The van der Waals surface area contributed by atoms with E-state index in [1.54, 1.807) is 30.0 Å². The molecule has 0 amide bonds. The molecule has 0 saturated carbocycles. The molecule has 0 aliphatic heterocycles. The van der Waals surface area contributed by atoms with Crippen LogP contribution in [0.4, 0.5) is 0 Å². The molecule has 0 saturated heterocycles. The molecule has 0 aliphatic carbocycles. The minimum Gasteiger partial charge on any atom is -0.496 e. The number of ketones is 1. The third kappa shape index (κ3) is 4.97. The van der Waals surface area contributed by atoms with Crippen molar-refractivity contribution in [3.63, 3.8) is 0 Å². The minimum atomic E-state index is -1.05. The highest BCUT2D eigenvalue weighted by Gasteiger charge is 2.19. The second-order valence-corrected chi connectivity index (χ2v) is 6.43. The van der Waals surface area contributed by atoms with E-state index in [4.69, 9.17) is 4.74 Å². The van der Waals surface area contributed by atoms with Crippen LogP contribution < -0.4 is 4.74 Å². The van der Waals surface area contributed by atoms with E-state index in [9.17, 15) is 14.7 Å². The van der Waals surface area contributed by atoms with Gasteiger partial charge in [-0.15, -0.1) is 11.8 Å². The highest BCUT2D eigenvalue weighted by molar-refractivity contribution is 7.98. The van der Waals surface area contributed by atoms with Crippen LogP contribution in [0.1, 0.15) is 27.9 Å². The molecule has 2 aromatic rings. The summed E-state index contributed by atoms with van der Waals surface area (Å²) in [5.74, 6) is -0.950. The Bertz CT molecular complexity index is 807. The number of hydrogen-bond acceptors (Lipinski definition) is 4.